The number of esters is 1. The Bertz CT molecular complexity index is 2230. The second-order valence-electron chi connectivity index (χ2n) is 15.3. The Balaban J connectivity index is 1.09. The largest absolute Gasteiger partial charge is 0.771 e. The molecule has 0 saturated carbocycles. The first-order valence-corrected chi connectivity index (χ1v) is 20.9. The van der Waals surface area contributed by atoms with Crippen molar-refractivity contribution in [1.82, 2.24) is 29.5 Å². The number of aryl methyl sites for hydroxylation is 1. The van der Waals surface area contributed by atoms with E-state index in [0.717, 1.165) is 11.1 Å². The van der Waals surface area contributed by atoms with Gasteiger partial charge in [-0.25, -0.2) is 14.3 Å². The fraction of sp³-hybridized carbons (Fsp3) is 0.439. The molecule has 2 unspecified atom stereocenters. The number of piperidine rings is 1. The predicted molar refractivity (Wildman–Crippen MR) is 214 cm³/mol. The van der Waals surface area contributed by atoms with Crippen molar-refractivity contribution in [3.05, 3.63) is 95.3 Å². The van der Waals surface area contributed by atoms with Crippen LogP contribution in [-0.4, -0.2) is 108 Å². The van der Waals surface area contributed by atoms with E-state index in [4.69, 9.17) is 19.9 Å². The zero-order valence-corrected chi connectivity index (χ0v) is 34.0. The Morgan fingerprint density at radius 3 is 2.47 bits per heavy atom. The van der Waals surface area contributed by atoms with E-state index in [1.165, 1.54) is 21.7 Å². The van der Waals surface area contributed by atoms with Crippen molar-refractivity contribution >= 4 is 40.5 Å². The number of rotatable bonds is 12. The highest BCUT2D eigenvalue weighted by molar-refractivity contribution is 7.79. The van der Waals surface area contributed by atoms with Gasteiger partial charge in [0.1, 0.15) is 18.5 Å². The summed E-state index contributed by atoms with van der Waals surface area (Å²) in [5.41, 5.74) is 8.52. The van der Waals surface area contributed by atoms with E-state index in [1.54, 1.807) is 43.1 Å². The number of anilines is 2. The minimum absolute atomic E-state index is 0.0464. The molecule has 1 amide bonds. The highest BCUT2D eigenvalue weighted by Gasteiger charge is 2.51. The highest BCUT2D eigenvalue weighted by atomic mass is 32.2. The summed E-state index contributed by atoms with van der Waals surface area (Å²) in [5, 5.41) is 4.41. The third-order valence-electron chi connectivity index (χ3n) is 11.1. The van der Waals surface area contributed by atoms with E-state index >= 15 is 13.2 Å². The monoisotopic (exact) mass is 851 g/mol. The van der Waals surface area contributed by atoms with Crippen molar-refractivity contribution in [2.75, 3.05) is 55.8 Å². The van der Waals surface area contributed by atoms with Crippen molar-refractivity contribution < 1.29 is 45.7 Å². The lowest BCUT2D eigenvalue weighted by atomic mass is 9.76. The molecule has 2 N–H and O–H groups in total. The maximum absolute atomic E-state index is 15.1. The van der Waals surface area contributed by atoms with Crippen molar-refractivity contribution in [1.29, 1.82) is 0 Å². The number of nitrogens with two attached hydrogens (primary N) is 1. The Labute approximate surface area is 347 Å². The summed E-state index contributed by atoms with van der Waals surface area (Å²) in [6, 6.07) is 16.0. The average Bonchev–Trinajstić information content (AvgIpc) is 3.83. The first-order valence-electron chi connectivity index (χ1n) is 19.6. The van der Waals surface area contributed by atoms with Gasteiger partial charge in [-0.05, 0) is 84.9 Å². The van der Waals surface area contributed by atoms with Crippen molar-refractivity contribution in [3.8, 4) is 11.6 Å². The lowest BCUT2D eigenvalue weighted by Crippen LogP contribution is -2.43. The molecule has 320 valence electrons. The number of aromatic nitrogens is 4. The summed E-state index contributed by atoms with van der Waals surface area (Å²) >= 11 is -2.23. The summed E-state index contributed by atoms with van der Waals surface area (Å²) in [5.74, 6) is -1.01. The standard InChI is InChI=1S/C41H47F3N8O7S/c1-3-57-37(53)33-23-40(25-51(33)39(54)58-24-28-7-5-4-6-8-28)14-19-50(20-15-40)34-22-35(47-38(45)46-34)59-36(41(42,43)44)31-10-9-30(21-32(31)52-18-11-27(2)48-52)29-12-16-49(17-13-29)26-60(55)56/h4-12,18,21-22,33,36H,3,13-17,19-20,23-26H2,1-2H3,(H,55,56)(H2,45,46,47)/p-1/t33?,36-/m1/s1. The number of hydrogen-bond donors (Lipinski definition) is 1. The number of nitrogen functional groups attached to an aromatic ring is 1. The maximum atomic E-state index is 15.1. The number of carbonyl (C=O) groups is 2. The molecule has 7 rings (SSSR count). The molecule has 1 spiro atoms. The number of benzene rings is 2. The summed E-state index contributed by atoms with van der Waals surface area (Å²) in [7, 11) is 0. The lowest BCUT2D eigenvalue weighted by Gasteiger charge is -2.39. The zero-order valence-electron chi connectivity index (χ0n) is 33.2. The number of halogens is 3. The molecule has 60 heavy (non-hydrogen) atoms. The van der Waals surface area contributed by atoms with Gasteiger partial charge in [0.15, 0.2) is 0 Å². The lowest BCUT2D eigenvalue weighted by molar-refractivity contribution is -0.198. The number of nitrogens with zero attached hydrogens (tertiary/aromatic N) is 7. The number of amides is 1. The first-order chi connectivity index (χ1) is 28.7. The van der Waals surface area contributed by atoms with Crippen LogP contribution in [0.5, 0.6) is 5.88 Å². The normalized spacial score (nSPS) is 19.2. The third kappa shape index (κ3) is 9.90. The van der Waals surface area contributed by atoms with Crippen LogP contribution in [0, 0.1) is 12.3 Å². The van der Waals surface area contributed by atoms with Gasteiger partial charge in [-0.2, -0.15) is 28.2 Å². The fourth-order valence-electron chi connectivity index (χ4n) is 8.10. The number of hydrogen-bond acceptors (Lipinski definition) is 13. The Morgan fingerprint density at radius 1 is 1.05 bits per heavy atom. The van der Waals surface area contributed by atoms with Crippen LogP contribution in [0.15, 0.2) is 72.9 Å². The van der Waals surface area contributed by atoms with E-state index in [9.17, 15) is 18.4 Å². The zero-order chi connectivity index (χ0) is 42.6. The van der Waals surface area contributed by atoms with Crippen molar-refractivity contribution in [2.45, 2.75) is 64.5 Å². The minimum Gasteiger partial charge on any atom is -0.771 e. The van der Waals surface area contributed by atoms with Gasteiger partial charge in [0.25, 0.3) is 0 Å². The minimum atomic E-state index is -4.90. The van der Waals surface area contributed by atoms with E-state index < -0.39 is 46.9 Å². The van der Waals surface area contributed by atoms with Crippen molar-refractivity contribution in [3.63, 3.8) is 0 Å². The molecular weight excluding hydrogens is 806 g/mol. The van der Waals surface area contributed by atoms with Gasteiger partial charge in [-0.1, -0.05) is 48.5 Å². The molecule has 19 heteroatoms. The number of carbonyl (C=O) groups excluding carboxylic acids is 2. The van der Waals surface area contributed by atoms with Gasteiger partial charge < -0.3 is 29.4 Å². The molecule has 3 atom stereocenters. The molecule has 2 saturated heterocycles. The van der Waals surface area contributed by atoms with Gasteiger partial charge >= 0.3 is 18.2 Å². The van der Waals surface area contributed by atoms with Gasteiger partial charge in [0.2, 0.25) is 17.9 Å². The van der Waals surface area contributed by atoms with Crippen LogP contribution in [0.25, 0.3) is 11.3 Å². The van der Waals surface area contributed by atoms with Crippen LogP contribution in [0.3, 0.4) is 0 Å². The quantitative estimate of drug-likeness (QED) is 0.135. The number of alkyl halides is 3. The fourth-order valence-corrected chi connectivity index (χ4v) is 8.64. The topological polar surface area (TPSA) is 181 Å². The van der Waals surface area contributed by atoms with Gasteiger partial charge in [0.05, 0.1) is 23.9 Å². The van der Waals surface area contributed by atoms with Crippen LogP contribution in [0.4, 0.5) is 29.7 Å². The van der Waals surface area contributed by atoms with E-state index in [0.29, 0.717) is 63.1 Å². The Morgan fingerprint density at radius 2 is 1.82 bits per heavy atom. The smallest absolute Gasteiger partial charge is 0.429 e. The first kappa shape index (κ1) is 42.6. The van der Waals surface area contributed by atoms with Crippen LogP contribution in [-0.2, 0) is 32.0 Å². The van der Waals surface area contributed by atoms with Gasteiger partial charge in [-0.3, -0.25) is 14.0 Å². The predicted octanol–water partition coefficient (Wildman–Crippen LogP) is 5.72. The second-order valence-corrected chi connectivity index (χ2v) is 16.1. The molecule has 2 fully saturated rings. The molecule has 3 aliphatic heterocycles. The van der Waals surface area contributed by atoms with Crippen LogP contribution in [0.2, 0.25) is 0 Å². The third-order valence-corrected chi connectivity index (χ3v) is 11.7. The van der Waals surface area contributed by atoms with E-state index in [2.05, 4.69) is 15.1 Å². The van der Waals surface area contributed by atoms with E-state index in [1.807, 2.05) is 41.3 Å². The molecule has 4 aromatic rings. The van der Waals surface area contributed by atoms with Crippen molar-refractivity contribution in [2.24, 2.45) is 5.41 Å². The SMILES string of the molecule is CCOC(=O)C1CC2(CCN(c3cc(O[C@H](c4ccc(C5=CCN(CS(=O)[O-])CC5)cc4-n4ccc(C)n4)C(F)(F)F)nc(N)n3)CC2)CN1C(=O)OCc1ccccc1. The van der Waals surface area contributed by atoms with Gasteiger partial charge in [0, 0.05) is 50.6 Å². The van der Waals surface area contributed by atoms with E-state index in [-0.39, 0.29) is 54.5 Å². The molecule has 0 aliphatic carbocycles. The van der Waals surface area contributed by atoms with Crippen LogP contribution < -0.4 is 15.4 Å². The summed E-state index contributed by atoms with van der Waals surface area (Å²) in [6.45, 7) is 5.54. The van der Waals surface area contributed by atoms with Crippen LogP contribution in [0.1, 0.15) is 61.1 Å². The molecule has 0 bridgehead atoms. The summed E-state index contributed by atoms with van der Waals surface area (Å²) < 4.78 is 85.8. The van der Waals surface area contributed by atoms with Crippen LogP contribution >= 0.6 is 0 Å². The number of likely N-dealkylation sites (tertiary alicyclic amines) is 1. The molecule has 5 heterocycles. The van der Waals surface area contributed by atoms with Gasteiger partial charge in [-0.15, -0.1) is 0 Å². The average molecular weight is 852 g/mol. The maximum Gasteiger partial charge on any atom is 0.429 e. The number of ether oxygens (including phenoxy) is 3. The molecule has 2 aromatic carbocycles. The molecule has 15 nitrogen and oxygen atoms in total. The Hall–Kier alpha value is -5.53. The molecule has 2 aromatic heterocycles. The summed E-state index contributed by atoms with van der Waals surface area (Å²) in [6.07, 6.45) is -2.63. The Kier molecular flexibility index (Phi) is 12.8. The highest BCUT2D eigenvalue weighted by Crippen LogP contribution is 2.45. The molecular formula is C41H46F3N8O7S-. The second kappa shape index (κ2) is 18.0. The molecule has 3 aliphatic rings. The molecule has 0 radical (unpaired) electrons. The summed E-state index contributed by atoms with van der Waals surface area (Å²) in [4.78, 5) is 39.9.